The minimum absolute atomic E-state index is 0.126. The molecule has 0 unspecified atom stereocenters. The predicted octanol–water partition coefficient (Wildman–Crippen LogP) is 4.30. The van der Waals surface area contributed by atoms with Crippen LogP contribution in [0.1, 0.15) is 30.9 Å². The molecule has 1 N–H and O–H groups in total. The van der Waals surface area contributed by atoms with Crippen LogP contribution < -0.4 is 10.1 Å². The molecule has 1 amide bonds. The molecule has 4 aromatic rings. The first-order valence-corrected chi connectivity index (χ1v) is 12.6. The number of benzene rings is 2. The molecule has 3 heterocycles. The van der Waals surface area contributed by atoms with Gasteiger partial charge < -0.3 is 14.6 Å². The van der Waals surface area contributed by atoms with Crippen LogP contribution in [0.5, 0.6) is 5.75 Å². The van der Waals surface area contributed by atoms with Gasteiger partial charge in [-0.2, -0.15) is 0 Å². The van der Waals surface area contributed by atoms with Crippen LogP contribution >= 0.6 is 11.8 Å². The van der Waals surface area contributed by atoms with Crippen LogP contribution in [0.25, 0.3) is 17.1 Å². The van der Waals surface area contributed by atoms with Gasteiger partial charge >= 0.3 is 0 Å². The maximum Gasteiger partial charge on any atom is 0.234 e. The first-order chi connectivity index (χ1) is 17.1. The summed E-state index contributed by atoms with van der Waals surface area (Å²) < 4.78 is 9.59. The van der Waals surface area contributed by atoms with Gasteiger partial charge in [-0.15, -0.1) is 20.4 Å². The standard InChI is InChI=1S/C25H27N7O2S/c1-17-27-30-25(32(17)20-11-5-6-12-21(20)34-2)35-16-23(33)26-19-10-8-9-18(15-19)24-29-28-22-13-4-3-7-14-31(22)24/h5-6,8-12,15H,3-4,7,13-14,16H2,1-2H3,(H,26,33). The second-order valence-corrected chi connectivity index (χ2v) is 9.30. The number of nitrogens with one attached hydrogen (secondary N) is 1. The van der Waals surface area contributed by atoms with Crippen molar-refractivity contribution in [3.63, 3.8) is 0 Å². The molecule has 0 radical (unpaired) electrons. The van der Waals surface area contributed by atoms with Crippen molar-refractivity contribution in [1.29, 1.82) is 0 Å². The smallest absolute Gasteiger partial charge is 0.234 e. The van der Waals surface area contributed by atoms with Crippen LogP contribution in [0.4, 0.5) is 5.69 Å². The molecule has 10 heteroatoms. The number of ether oxygens (including phenoxy) is 1. The minimum atomic E-state index is -0.126. The number of hydrogen-bond donors (Lipinski definition) is 1. The molecule has 5 rings (SSSR count). The molecular formula is C25H27N7O2S. The van der Waals surface area contributed by atoms with Crippen LogP contribution in [0.3, 0.4) is 0 Å². The van der Waals surface area contributed by atoms with E-state index in [1.807, 2.05) is 60.0 Å². The van der Waals surface area contributed by atoms with E-state index >= 15 is 0 Å². The number of nitrogens with zero attached hydrogens (tertiary/aromatic N) is 6. The highest BCUT2D eigenvalue weighted by atomic mass is 32.2. The lowest BCUT2D eigenvalue weighted by molar-refractivity contribution is -0.113. The van der Waals surface area contributed by atoms with E-state index in [1.165, 1.54) is 18.2 Å². The molecule has 180 valence electrons. The quantitative estimate of drug-likeness (QED) is 0.386. The summed E-state index contributed by atoms with van der Waals surface area (Å²) in [6.45, 7) is 2.80. The van der Waals surface area contributed by atoms with Gasteiger partial charge in [-0.1, -0.05) is 42.4 Å². The summed E-state index contributed by atoms with van der Waals surface area (Å²) in [5.74, 6) is 3.39. The second-order valence-electron chi connectivity index (χ2n) is 8.36. The van der Waals surface area contributed by atoms with E-state index in [0.717, 1.165) is 60.2 Å². The van der Waals surface area contributed by atoms with Crippen molar-refractivity contribution in [1.82, 2.24) is 29.5 Å². The Balaban J connectivity index is 1.29. The minimum Gasteiger partial charge on any atom is -0.495 e. The Morgan fingerprint density at radius 1 is 1.06 bits per heavy atom. The molecule has 1 aliphatic rings. The largest absolute Gasteiger partial charge is 0.495 e. The zero-order chi connectivity index (χ0) is 24.2. The third kappa shape index (κ3) is 4.93. The number of aromatic nitrogens is 6. The number of fused-ring (bicyclic) bond motifs is 1. The number of aryl methyl sites for hydroxylation is 2. The first kappa shape index (κ1) is 23.1. The number of para-hydroxylation sites is 2. The summed E-state index contributed by atoms with van der Waals surface area (Å²) in [6, 6.07) is 15.4. The molecule has 0 saturated heterocycles. The van der Waals surface area contributed by atoms with Crippen molar-refractivity contribution in [2.75, 3.05) is 18.2 Å². The molecule has 0 atom stereocenters. The van der Waals surface area contributed by atoms with Crippen LogP contribution in [0.2, 0.25) is 0 Å². The van der Waals surface area contributed by atoms with Gasteiger partial charge in [-0.05, 0) is 44.0 Å². The van der Waals surface area contributed by atoms with Crippen molar-refractivity contribution in [3.05, 3.63) is 60.2 Å². The summed E-state index contributed by atoms with van der Waals surface area (Å²) in [4.78, 5) is 12.8. The van der Waals surface area contributed by atoms with Crippen molar-refractivity contribution in [2.45, 2.75) is 44.3 Å². The highest BCUT2D eigenvalue weighted by Gasteiger charge is 2.18. The van der Waals surface area contributed by atoms with Gasteiger partial charge in [0.2, 0.25) is 5.91 Å². The summed E-state index contributed by atoms with van der Waals surface area (Å²) in [6.07, 6.45) is 4.45. The normalized spacial score (nSPS) is 13.2. The monoisotopic (exact) mass is 489 g/mol. The fourth-order valence-corrected chi connectivity index (χ4v) is 5.08. The number of rotatable bonds is 7. The highest BCUT2D eigenvalue weighted by molar-refractivity contribution is 7.99. The Morgan fingerprint density at radius 3 is 2.83 bits per heavy atom. The molecule has 35 heavy (non-hydrogen) atoms. The average Bonchev–Trinajstić information content (AvgIpc) is 3.37. The van der Waals surface area contributed by atoms with Gasteiger partial charge in [-0.25, -0.2) is 0 Å². The van der Waals surface area contributed by atoms with E-state index in [1.54, 1.807) is 7.11 Å². The summed E-state index contributed by atoms with van der Waals surface area (Å²) >= 11 is 1.33. The average molecular weight is 490 g/mol. The van der Waals surface area contributed by atoms with Crippen LogP contribution in [-0.2, 0) is 17.8 Å². The molecule has 2 aromatic carbocycles. The Bertz CT molecular complexity index is 1350. The van der Waals surface area contributed by atoms with E-state index < -0.39 is 0 Å². The third-order valence-electron chi connectivity index (χ3n) is 5.97. The Kier molecular flexibility index (Phi) is 6.80. The summed E-state index contributed by atoms with van der Waals surface area (Å²) in [5, 5.41) is 20.9. The van der Waals surface area contributed by atoms with Crippen molar-refractivity contribution >= 4 is 23.4 Å². The van der Waals surface area contributed by atoms with Crippen LogP contribution in [0, 0.1) is 6.92 Å². The summed E-state index contributed by atoms with van der Waals surface area (Å²) in [7, 11) is 1.63. The van der Waals surface area contributed by atoms with Gasteiger partial charge in [0.1, 0.15) is 17.4 Å². The predicted molar refractivity (Wildman–Crippen MR) is 135 cm³/mol. The van der Waals surface area contributed by atoms with E-state index in [0.29, 0.717) is 10.9 Å². The molecule has 0 spiro atoms. The maximum absolute atomic E-state index is 12.8. The topological polar surface area (TPSA) is 99.8 Å². The van der Waals surface area contributed by atoms with Gasteiger partial charge in [0, 0.05) is 24.2 Å². The maximum atomic E-state index is 12.8. The number of anilines is 1. The van der Waals surface area contributed by atoms with E-state index in [2.05, 4.69) is 30.3 Å². The van der Waals surface area contributed by atoms with Crippen molar-refractivity contribution in [2.24, 2.45) is 0 Å². The van der Waals surface area contributed by atoms with Crippen molar-refractivity contribution < 1.29 is 9.53 Å². The Morgan fingerprint density at radius 2 is 1.94 bits per heavy atom. The number of carbonyl (C=O) groups is 1. The third-order valence-corrected chi connectivity index (χ3v) is 6.90. The van der Waals surface area contributed by atoms with Gasteiger partial charge in [0.15, 0.2) is 11.0 Å². The molecular weight excluding hydrogens is 462 g/mol. The van der Waals surface area contributed by atoms with E-state index in [9.17, 15) is 4.79 Å². The fourth-order valence-electron chi connectivity index (χ4n) is 4.29. The number of carbonyl (C=O) groups excluding carboxylic acids is 1. The lowest BCUT2D eigenvalue weighted by atomic mass is 10.2. The lowest BCUT2D eigenvalue weighted by Crippen LogP contribution is -2.14. The Labute approximate surface area is 207 Å². The van der Waals surface area contributed by atoms with Gasteiger partial charge in [-0.3, -0.25) is 9.36 Å². The SMILES string of the molecule is COc1ccccc1-n1c(C)nnc1SCC(=O)Nc1cccc(-c2nnc3n2CCCCC3)c1. The highest BCUT2D eigenvalue weighted by Crippen LogP contribution is 2.29. The number of hydrogen-bond acceptors (Lipinski definition) is 7. The molecule has 0 fully saturated rings. The van der Waals surface area contributed by atoms with Crippen LogP contribution in [-0.4, -0.2) is 48.3 Å². The molecule has 0 bridgehead atoms. The Hall–Kier alpha value is -3.66. The zero-order valence-electron chi connectivity index (χ0n) is 19.8. The number of amides is 1. The molecule has 1 aliphatic heterocycles. The van der Waals surface area contributed by atoms with Gasteiger partial charge in [0.25, 0.3) is 0 Å². The van der Waals surface area contributed by atoms with Crippen LogP contribution in [0.15, 0.2) is 53.7 Å². The molecule has 2 aromatic heterocycles. The fraction of sp³-hybridized carbons (Fsp3) is 0.320. The molecule has 0 saturated carbocycles. The molecule has 9 nitrogen and oxygen atoms in total. The van der Waals surface area contributed by atoms with Gasteiger partial charge in [0.05, 0.1) is 18.6 Å². The van der Waals surface area contributed by atoms with Crippen molar-refractivity contribution in [3.8, 4) is 22.8 Å². The second kappa shape index (κ2) is 10.3. The summed E-state index contributed by atoms with van der Waals surface area (Å²) in [5.41, 5.74) is 2.50. The first-order valence-electron chi connectivity index (χ1n) is 11.6. The van der Waals surface area contributed by atoms with E-state index in [-0.39, 0.29) is 11.7 Å². The lowest BCUT2D eigenvalue weighted by Gasteiger charge is -2.12. The molecule has 0 aliphatic carbocycles. The number of thioether (sulfide) groups is 1. The van der Waals surface area contributed by atoms with E-state index in [4.69, 9.17) is 4.74 Å². The zero-order valence-corrected chi connectivity index (χ0v) is 20.6. The number of methoxy groups -OCH3 is 1.